The summed E-state index contributed by atoms with van der Waals surface area (Å²) < 4.78 is 4.99. The smallest absolute Gasteiger partial charge is 0.252 e. The summed E-state index contributed by atoms with van der Waals surface area (Å²) in [5.74, 6) is -0.0992. The summed E-state index contributed by atoms with van der Waals surface area (Å²) in [6.07, 6.45) is 0. The molecule has 3 rings (SSSR count). The van der Waals surface area contributed by atoms with Crippen molar-refractivity contribution in [2.45, 2.75) is 6.92 Å². The Morgan fingerprint density at radius 2 is 2.17 bits per heavy atom. The van der Waals surface area contributed by atoms with E-state index in [9.17, 15) is 4.79 Å². The van der Waals surface area contributed by atoms with Crippen LogP contribution in [0.1, 0.15) is 15.9 Å². The molecule has 0 aliphatic rings. The maximum absolute atomic E-state index is 12.6. The first kappa shape index (κ1) is 15.6. The highest BCUT2D eigenvalue weighted by Gasteiger charge is 2.14. The highest BCUT2D eigenvalue weighted by molar-refractivity contribution is 7.13. The van der Waals surface area contributed by atoms with E-state index in [0.717, 1.165) is 27.0 Å². The molecule has 1 N–H and O–H groups in total. The number of rotatable bonds is 5. The molecule has 5 heteroatoms. The van der Waals surface area contributed by atoms with Gasteiger partial charge in [0, 0.05) is 19.0 Å². The second kappa shape index (κ2) is 6.89. The van der Waals surface area contributed by atoms with Crippen molar-refractivity contribution in [3.8, 4) is 10.6 Å². The van der Waals surface area contributed by atoms with E-state index in [-0.39, 0.29) is 5.91 Å². The molecule has 1 aromatic carbocycles. The molecule has 0 fully saturated rings. The molecule has 3 aromatic rings. The van der Waals surface area contributed by atoms with Crippen LogP contribution in [0.5, 0.6) is 0 Å². The van der Waals surface area contributed by atoms with Crippen LogP contribution in [0.3, 0.4) is 0 Å². The summed E-state index contributed by atoms with van der Waals surface area (Å²) in [6, 6.07) is 11.9. The van der Waals surface area contributed by atoms with E-state index in [1.807, 2.05) is 48.7 Å². The van der Waals surface area contributed by atoms with Crippen LogP contribution in [0.2, 0.25) is 0 Å². The lowest BCUT2D eigenvalue weighted by Crippen LogP contribution is -2.27. The van der Waals surface area contributed by atoms with Gasteiger partial charge in [-0.2, -0.15) is 0 Å². The van der Waals surface area contributed by atoms with Gasteiger partial charge in [-0.3, -0.25) is 4.79 Å². The predicted molar refractivity (Wildman–Crippen MR) is 94.0 cm³/mol. The van der Waals surface area contributed by atoms with Crippen molar-refractivity contribution in [1.29, 1.82) is 0 Å². The largest absolute Gasteiger partial charge is 0.383 e. The quantitative estimate of drug-likeness (QED) is 0.728. The molecule has 0 aliphatic carbocycles. The number of carbonyl (C=O) groups excluding carboxylic acids is 1. The third kappa shape index (κ3) is 3.41. The molecule has 0 saturated carbocycles. The molecule has 2 aromatic heterocycles. The van der Waals surface area contributed by atoms with Crippen molar-refractivity contribution < 1.29 is 9.53 Å². The Bertz CT molecular complexity index is 828. The maximum atomic E-state index is 12.6. The summed E-state index contributed by atoms with van der Waals surface area (Å²) in [7, 11) is 1.62. The molecule has 4 nitrogen and oxygen atoms in total. The normalized spacial score (nSPS) is 10.9. The zero-order valence-corrected chi connectivity index (χ0v) is 13.9. The van der Waals surface area contributed by atoms with E-state index >= 15 is 0 Å². The van der Waals surface area contributed by atoms with E-state index < -0.39 is 0 Å². The Labute approximate surface area is 139 Å². The molecular formula is C18H18N2O2S. The first-order chi connectivity index (χ1) is 11.2. The number of nitrogens with zero attached hydrogens (tertiary/aromatic N) is 1. The minimum absolute atomic E-state index is 0.0992. The zero-order valence-electron chi connectivity index (χ0n) is 13.1. The minimum atomic E-state index is -0.0992. The van der Waals surface area contributed by atoms with Crippen LogP contribution in [-0.2, 0) is 4.74 Å². The first-order valence-corrected chi connectivity index (χ1v) is 8.29. The van der Waals surface area contributed by atoms with Crippen molar-refractivity contribution in [2.75, 3.05) is 20.3 Å². The highest BCUT2D eigenvalue weighted by Crippen LogP contribution is 2.28. The van der Waals surface area contributed by atoms with Crippen LogP contribution in [0.15, 0.2) is 41.8 Å². The van der Waals surface area contributed by atoms with Crippen molar-refractivity contribution in [3.63, 3.8) is 0 Å². The number of aryl methyl sites for hydroxylation is 1. The number of pyridine rings is 1. The molecule has 1 amide bonds. The molecular weight excluding hydrogens is 308 g/mol. The average Bonchev–Trinajstić information content (AvgIpc) is 3.08. The fraction of sp³-hybridized carbons (Fsp3) is 0.222. The number of aromatic nitrogens is 1. The average molecular weight is 326 g/mol. The molecule has 0 aliphatic heterocycles. The number of nitrogens with one attached hydrogen (secondary N) is 1. The summed E-state index contributed by atoms with van der Waals surface area (Å²) >= 11 is 1.62. The molecule has 0 spiro atoms. The second-order valence-electron chi connectivity index (χ2n) is 5.30. The highest BCUT2D eigenvalue weighted by atomic mass is 32.1. The first-order valence-electron chi connectivity index (χ1n) is 7.41. The van der Waals surface area contributed by atoms with Gasteiger partial charge >= 0.3 is 0 Å². The van der Waals surface area contributed by atoms with Crippen LogP contribution in [0.4, 0.5) is 0 Å². The third-order valence-corrected chi connectivity index (χ3v) is 4.47. The SMILES string of the molecule is COCCNC(=O)c1cc(-c2cccs2)nc2ccc(C)cc12. The molecule has 0 bridgehead atoms. The topological polar surface area (TPSA) is 51.2 Å². The van der Waals surface area contributed by atoms with E-state index in [2.05, 4.69) is 5.32 Å². The number of ether oxygens (including phenoxy) is 1. The van der Waals surface area contributed by atoms with Crippen molar-refractivity contribution in [3.05, 3.63) is 52.9 Å². The number of amides is 1. The standard InChI is InChI=1S/C18H18N2O2S/c1-12-5-6-15-13(10-12)14(18(21)19-7-8-22-2)11-16(20-15)17-4-3-9-23-17/h3-6,9-11H,7-8H2,1-2H3,(H,19,21). The molecule has 0 saturated heterocycles. The lowest BCUT2D eigenvalue weighted by molar-refractivity contribution is 0.0938. The Morgan fingerprint density at radius 3 is 2.91 bits per heavy atom. The molecule has 118 valence electrons. The summed E-state index contributed by atoms with van der Waals surface area (Å²) in [5, 5.41) is 5.78. The Balaban J connectivity index is 2.08. The number of thiophene rings is 1. The van der Waals surface area contributed by atoms with Gasteiger partial charge in [-0.25, -0.2) is 4.98 Å². The Kier molecular flexibility index (Phi) is 4.69. The summed E-state index contributed by atoms with van der Waals surface area (Å²) in [5.41, 5.74) is 3.42. The van der Waals surface area contributed by atoms with Gasteiger partial charge in [0.15, 0.2) is 0 Å². The zero-order chi connectivity index (χ0) is 16.2. The van der Waals surface area contributed by atoms with Gasteiger partial charge in [0.1, 0.15) is 0 Å². The fourth-order valence-corrected chi connectivity index (χ4v) is 3.13. The number of hydrogen-bond donors (Lipinski definition) is 1. The minimum Gasteiger partial charge on any atom is -0.383 e. The summed E-state index contributed by atoms with van der Waals surface area (Å²) in [6.45, 7) is 2.99. The lowest BCUT2D eigenvalue weighted by Gasteiger charge is -2.10. The number of fused-ring (bicyclic) bond motifs is 1. The van der Waals surface area contributed by atoms with E-state index in [1.165, 1.54) is 0 Å². The van der Waals surface area contributed by atoms with Gasteiger partial charge in [0.2, 0.25) is 0 Å². The second-order valence-corrected chi connectivity index (χ2v) is 6.25. The van der Waals surface area contributed by atoms with Crippen LogP contribution in [0, 0.1) is 6.92 Å². The van der Waals surface area contributed by atoms with Gasteiger partial charge in [-0.1, -0.05) is 17.7 Å². The number of methoxy groups -OCH3 is 1. The molecule has 0 radical (unpaired) electrons. The summed E-state index contributed by atoms with van der Waals surface area (Å²) in [4.78, 5) is 18.3. The van der Waals surface area contributed by atoms with Gasteiger partial charge in [-0.15, -0.1) is 11.3 Å². The third-order valence-electron chi connectivity index (χ3n) is 3.57. The van der Waals surface area contributed by atoms with Crippen LogP contribution in [0.25, 0.3) is 21.5 Å². The number of carbonyl (C=O) groups is 1. The van der Waals surface area contributed by atoms with E-state index in [0.29, 0.717) is 18.7 Å². The lowest BCUT2D eigenvalue weighted by atomic mass is 10.0. The fourth-order valence-electron chi connectivity index (χ4n) is 2.44. The van der Waals surface area contributed by atoms with Gasteiger partial charge in [0.25, 0.3) is 5.91 Å². The van der Waals surface area contributed by atoms with Gasteiger partial charge < -0.3 is 10.1 Å². The molecule has 0 atom stereocenters. The van der Waals surface area contributed by atoms with E-state index in [4.69, 9.17) is 9.72 Å². The van der Waals surface area contributed by atoms with Crippen molar-refractivity contribution in [2.24, 2.45) is 0 Å². The van der Waals surface area contributed by atoms with Gasteiger partial charge in [0.05, 0.1) is 28.3 Å². The van der Waals surface area contributed by atoms with Crippen LogP contribution in [-0.4, -0.2) is 31.2 Å². The molecule has 2 heterocycles. The van der Waals surface area contributed by atoms with Crippen molar-refractivity contribution in [1.82, 2.24) is 10.3 Å². The predicted octanol–water partition coefficient (Wildman–Crippen LogP) is 3.65. The number of hydrogen-bond acceptors (Lipinski definition) is 4. The number of benzene rings is 1. The van der Waals surface area contributed by atoms with Crippen molar-refractivity contribution >= 4 is 28.1 Å². The maximum Gasteiger partial charge on any atom is 0.252 e. The van der Waals surface area contributed by atoms with Crippen LogP contribution >= 0.6 is 11.3 Å². The van der Waals surface area contributed by atoms with Gasteiger partial charge in [-0.05, 0) is 36.6 Å². The molecule has 0 unspecified atom stereocenters. The Hall–Kier alpha value is -2.24. The Morgan fingerprint density at radius 1 is 1.30 bits per heavy atom. The van der Waals surface area contributed by atoms with E-state index in [1.54, 1.807) is 18.4 Å². The molecule has 23 heavy (non-hydrogen) atoms. The van der Waals surface area contributed by atoms with Crippen LogP contribution < -0.4 is 5.32 Å². The monoisotopic (exact) mass is 326 g/mol.